The Morgan fingerprint density at radius 1 is 1.13 bits per heavy atom. The highest BCUT2D eigenvalue weighted by Crippen LogP contribution is 2.39. The molecule has 168 valence electrons. The number of hydrogen-bond donors (Lipinski definition) is 1. The first-order chi connectivity index (χ1) is 14.4. The second kappa shape index (κ2) is 9.55. The molecule has 2 fully saturated rings. The number of piperidine rings is 1. The van der Waals surface area contributed by atoms with Crippen LogP contribution in [0.1, 0.15) is 63.4 Å². The van der Waals surface area contributed by atoms with Gasteiger partial charge < -0.3 is 9.47 Å². The van der Waals surface area contributed by atoms with Crippen molar-refractivity contribution in [1.29, 1.82) is 0 Å². The van der Waals surface area contributed by atoms with Crippen molar-refractivity contribution in [1.82, 2.24) is 9.62 Å². The van der Waals surface area contributed by atoms with Crippen molar-refractivity contribution in [2.24, 2.45) is 0 Å². The van der Waals surface area contributed by atoms with Crippen molar-refractivity contribution >= 4 is 10.0 Å². The van der Waals surface area contributed by atoms with Gasteiger partial charge >= 0.3 is 0 Å². The molecule has 1 aliphatic carbocycles. The fourth-order valence-electron chi connectivity index (χ4n) is 5.38. The number of ether oxygens (including phenoxy) is 2. The van der Waals surface area contributed by atoms with Crippen molar-refractivity contribution in [3.8, 4) is 5.75 Å². The summed E-state index contributed by atoms with van der Waals surface area (Å²) in [5, 5.41) is 0. The second-order valence-electron chi connectivity index (χ2n) is 9.19. The molecule has 1 unspecified atom stereocenters. The van der Waals surface area contributed by atoms with Gasteiger partial charge in [-0.1, -0.05) is 25.1 Å². The predicted molar refractivity (Wildman–Crippen MR) is 118 cm³/mol. The van der Waals surface area contributed by atoms with Crippen LogP contribution in [0.3, 0.4) is 0 Å². The van der Waals surface area contributed by atoms with Gasteiger partial charge in [0.2, 0.25) is 10.0 Å². The van der Waals surface area contributed by atoms with E-state index >= 15 is 0 Å². The zero-order valence-corrected chi connectivity index (χ0v) is 19.1. The lowest BCUT2D eigenvalue weighted by Gasteiger charge is -2.43. The van der Waals surface area contributed by atoms with Crippen molar-refractivity contribution in [2.45, 2.75) is 82.1 Å². The molecule has 4 aliphatic rings. The Morgan fingerprint density at radius 3 is 2.63 bits per heavy atom. The van der Waals surface area contributed by atoms with Gasteiger partial charge in [0.1, 0.15) is 11.9 Å². The summed E-state index contributed by atoms with van der Waals surface area (Å²) in [6, 6.07) is 8.45. The van der Waals surface area contributed by atoms with Gasteiger partial charge in [0.05, 0.1) is 19.0 Å². The number of benzene rings is 1. The standard InChI is InChI=1S/C23H36N2O4S/c1-3-18-15-25-14-6-8-21(24-30(2,26)27)22(25)16-28-19-12-10-17(11-13-19)20-7-4-5-9-23(20)29-18/h4-5,7,9,17-19,21-22,24H,3,6,8,10-16H2,1-2H3/t17?,18-,19?,21?,22-/m0/s1. The summed E-state index contributed by atoms with van der Waals surface area (Å²) in [5.41, 5.74) is 1.33. The molecular weight excluding hydrogens is 400 g/mol. The number of nitrogens with one attached hydrogen (secondary N) is 1. The van der Waals surface area contributed by atoms with Gasteiger partial charge in [-0.2, -0.15) is 0 Å². The molecule has 30 heavy (non-hydrogen) atoms. The van der Waals surface area contributed by atoms with Gasteiger partial charge in [0.25, 0.3) is 0 Å². The third-order valence-electron chi connectivity index (χ3n) is 6.98. The van der Waals surface area contributed by atoms with Gasteiger partial charge in [-0.25, -0.2) is 13.1 Å². The van der Waals surface area contributed by atoms with E-state index in [0.29, 0.717) is 12.5 Å². The fourth-order valence-corrected chi connectivity index (χ4v) is 6.20. The Labute approximate surface area is 181 Å². The van der Waals surface area contributed by atoms with Crippen LogP contribution in [0.25, 0.3) is 0 Å². The molecular formula is C23H36N2O4S. The minimum absolute atomic E-state index is 0.0415. The summed E-state index contributed by atoms with van der Waals surface area (Å²) in [4.78, 5) is 2.40. The lowest BCUT2D eigenvalue weighted by Crippen LogP contribution is -2.59. The van der Waals surface area contributed by atoms with E-state index in [1.54, 1.807) is 0 Å². The first-order valence-electron chi connectivity index (χ1n) is 11.5. The number of rotatable bonds is 3. The topological polar surface area (TPSA) is 67.9 Å². The molecule has 1 aromatic rings. The Morgan fingerprint density at radius 2 is 1.90 bits per heavy atom. The van der Waals surface area contributed by atoms with Gasteiger partial charge in [0, 0.05) is 18.6 Å². The zero-order valence-electron chi connectivity index (χ0n) is 18.3. The summed E-state index contributed by atoms with van der Waals surface area (Å²) in [6.07, 6.45) is 8.65. The first kappa shape index (κ1) is 22.1. The highest BCUT2D eigenvalue weighted by molar-refractivity contribution is 7.88. The molecule has 5 rings (SSSR count). The van der Waals surface area contributed by atoms with Gasteiger partial charge in [0.15, 0.2) is 0 Å². The Bertz CT molecular complexity index is 807. The number of para-hydroxylation sites is 1. The normalized spacial score (nSPS) is 33.3. The Balaban J connectivity index is 1.62. The van der Waals surface area contributed by atoms with Crippen LogP contribution in [-0.2, 0) is 14.8 Å². The van der Waals surface area contributed by atoms with E-state index in [9.17, 15) is 8.42 Å². The molecule has 1 saturated heterocycles. The minimum Gasteiger partial charge on any atom is -0.489 e. The van der Waals surface area contributed by atoms with E-state index in [-0.39, 0.29) is 24.3 Å². The second-order valence-corrected chi connectivity index (χ2v) is 11.0. The zero-order chi connectivity index (χ0) is 21.1. The van der Waals surface area contributed by atoms with E-state index in [2.05, 4.69) is 40.8 Å². The minimum atomic E-state index is -3.26. The summed E-state index contributed by atoms with van der Waals surface area (Å²) >= 11 is 0. The molecule has 7 heteroatoms. The highest BCUT2D eigenvalue weighted by atomic mass is 32.2. The molecule has 6 nitrogen and oxygen atoms in total. The van der Waals surface area contributed by atoms with E-state index in [1.807, 2.05) is 0 Å². The SMILES string of the molecule is CC[C@H]1CN2CCCC(NS(C)(=O)=O)[C@@H]2COC2CCC(CC2)c2ccccc2O1. The van der Waals surface area contributed by atoms with Crippen LogP contribution in [0.2, 0.25) is 0 Å². The fraction of sp³-hybridized carbons (Fsp3) is 0.739. The van der Waals surface area contributed by atoms with Crippen LogP contribution in [0.4, 0.5) is 0 Å². The van der Waals surface area contributed by atoms with Gasteiger partial charge in [-0.05, 0) is 69.0 Å². The molecule has 0 aromatic heterocycles. The highest BCUT2D eigenvalue weighted by Gasteiger charge is 2.36. The van der Waals surface area contributed by atoms with Crippen LogP contribution in [0.5, 0.6) is 5.75 Å². The molecule has 0 spiro atoms. The average Bonchev–Trinajstić information content (AvgIpc) is 2.74. The lowest BCUT2D eigenvalue weighted by molar-refractivity contribution is -0.0335. The third kappa shape index (κ3) is 5.36. The molecule has 1 saturated carbocycles. The Hall–Kier alpha value is -1.15. The van der Waals surface area contributed by atoms with Gasteiger partial charge in [-0.15, -0.1) is 0 Å². The van der Waals surface area contributed by atoms with Crippen LogP contribution in [-0.4, -0.2) is 63.6 Å². The number of fused-ring (bicyclic) bond motifs is 5. The maximum absolute atomic E-state index is 12.0. The lowest BCUT2D eigenvalue weighted by atomic mass is 9.82. The maximum atomic E-state index is 12.0. The summed E-state index contributed by atoms with van der Waals surface area (Å²) in [7, 11) is -3.26. The van der Waals surface area contributed by atoms with E-state index < -0.39 is 10.0 Å². The van der Waals surface area contributed by atoms with E-state index in [4.69, 9.17) is 9.47 Å². The van der Waals surface area contributed by atoms with Crippen LogP contribution in [0, 0.1) is 0 Å². The first-order valence-corrected chi connectivity index (χ1v) is 13.4. The van der Waals surface area contributed by atoms with Crippen LogP contribution >= 0.6 is 0 Å². The van der Waals surface area contributed by atoms with Crippen molar-refractivity contribution in [3.63, 3.8) is 0 Å². The number of sulfonamides is 1. The molecule has 1 aromatic carbocycles. The van der Waals surface area contributed by atoms with E-state index in [0.717, 1.165) is 63.8 Å². The van der Waals surface area contributed by atoms with E-state index in [1.165, 1.54) is 11.8 Å². The quantitative estimate of drug-likeness (QED) is 0.788. The molecule has 3 atom stereocenters. The van der Waals surface area contributed by atoms with Crippen LogP contribution < -0.4 is 9.46 Å². The largest absolute Gasteiger partial charge is 0.489 e. The number of hydrogen-bond acceptors (Lipinski definition) is 5. The third-order valence-corrected chi connectivity index (χ3v) is 7.71. The molecule has 3 aliphatic heterocycles. The van der Waals surface area contributed by atoms with Crippen molar-refractivity contribution < 1.29 is 17.9 Å². The molecule has 1 N–H and O–H groups in total. The summed E-state index contributed by atoms with van der Waals surface area (Å²) in [6.45, 7) is 4.48. The van der Waals surface area contributed by atoms with Gasteiger partial charge in [-0.3, -0.25) is 4.90 Å². The monoisotopic (exact) mass is 436 g/mol. The van der Waals surface area contributed by atoms with Crippen molar-refractivity contribution in [2.75, 3.05) is 26.0 Å². The molecule has 3 heterocycles. The predicted octanol–water partition coefficient (Wildman–Crippen LogP) is 3.28. The molecule has 2 bridgehead atoms. The summed E-state index contributed by atoms with van der Waals surface area (Å²) < 4.78 is 39.8. The Kier molecular flexibility index (Phi) is 7.02. The molecule has 0 radical (unpaired) electrons. The number of nitrogens with zero attached hydrogens (tertiary/aromatic N) is 1. The average molecular weight is 437 g/mol. The smallest absolute Gasteiger partial charge is 0.209 e. The summed E-state index contributed by atoms with van der Waals surface area (Å²) in [5.74, 6) is 1.55. The van der Waals surface area contributed by atoms with Crippen molar-refractivity contribution in [3.05, 3.63) is 29.8 Å². The maximum Gasteiger partial charge on any atom is 0.209 e. The van der Waals surface area contributed by atoms with Crippen LogP contribution in [0.15, 0.2) is 24.3 Å². The molecule has 0 amide bonds.